The monoisotopic (exact) mass is 496 g/mol. The number of benzene rings is 1. The summed E-state index contributed by atoms with van der Waals surface area (Å²) in [5.41, 5.74) is 3.60. The van der Waals surface area contributed by atoms with Crippen molar-refractivity contribution in [3.05, 3.63) is 63.3 Å². The highest BCUT2D eigenvalue weighted by atomic mass is 32.2. The van der Waals surface area contributed by atoms with Crippen LogP contribution < -0.4 is 15.8 Å². The molecule has 2 aromatic heterocycles. The number of rotatable bonds is 7. The summed E-state index contributed by atoms with van der Waals surface area (Å²) in [6, 6.07) is 8.44. The quantitative estimate of drug-likeness (QED) is 0.293. The zero-order valence-corrected chi connectivity index (χ0v) is 21.7. The van der Waals surface area contributed by atoms with Crippen molar-refractivity contribution in [2.45, 2.75) is 50.2 Å². The number of thioether (sulfide) groups is 1. The standard InChI is InChI=1S/C26H32N4O2S2/c1-5-12-30-25(31)22-20-11-6-16(2)13-21(20)34-24(22)28-26(30)33-15-19-14-27-23(32-19)17-7-9-18(10-8-17)29(3)4/h5,7-10,16,19,23,27H,1,6,11-15H2,2-4H3/t16-,19-,23+/m0/s1. The maximum absolute atomic E-state index is 13.5. The lowest BCUT2D eigenvalue weighted by Gasteiger charge is -2.18. The largest absolute Gasteiger partial charge is 0.378 e. The molecule has 1 fully saturated rings. The van der Waals surface area contributed by atoms with Gasteiger partial charge in [-0.25, -0.2) is 4.98 Å². The lowest BCUT2D eigenvalue weighted by atomic mass is 9.89. The zero-order valence-electron chi connectivity index (χ0n) is 20.0. The van der Waals surface area contributed by atoms with Crippen LogP contribution in [0.25, 0.3) is 10.2 Å². The lowest BCUT2D eigenvalue weighted by Crippen LogP contribution is -2.24. The average molecular weight is 497 g/mol. The van der Waals surface area contributed by atoms with Gasteiger partial charge in [-0.2, -0.15) is 0 Å². The summed E-state index contributed by atoms with van der Waals surface area (Å²) < 4.78 is 8.07. The van der Waals surface area contributed by atoms with Crippen molar-refractivity contribution in [3.63, 3.8) is 0 Å². The van der Waals surface area contributed by atoms with Crippen molar-refractivity contribution in [3.8, 4) is 0 Å². The van der Waals surface area contributed by atoms with Gasteiger partial charge < -0.3 is 9.64 Å². The maximum Gasteiger partial charge on any atom is 0.263 e. The van der Waals surface area contributed by atoms with E-state index in [1.54, 1.807) is 33.7 Å². The van der Waals surface area contributed by atoms with E-state index in [0.29, 0.717) is 12.5 Å². The predicted molar refractivity (Wildman–Crippen MR) is 142 cm³/mol. The van der Waals surface area contributed by atoms with Crippen LogP contribution in [-0.4, -0.2) is 42.0 Å². The van der Waals surface area contributed by atoms with Gasteiger partial charge >= 0.3 is 0 Å². The molecule has 6 nitrogen and oxygen atoms in total. The first-order valence-electron chi connectivity index (χ1n) is 11.9. The van der Waals surface area contributed by atoms with Gasteiger partial charge in [-0.05, 0) is 48.4 Å². The van der Waals surface area contributed by atoms with Crippen LogP contribution in [0.1, 0.15) is 35.6 Å². The normalized spacial score (nSPS) is 22.1. The van der Waals surface area contributed by atoms with Crippen molar-refractivity contribution in [2.24, 2.45) is 5.92 Å². The van der Waals surface area contributed by atoms with Crippen LogP contribution in [0.4, 0.5) is 5.69 Å². The van der Waals surface area contributed by atoms with Crippen LogP contribution in [0.5, 0.6) is 0 Å². The molecule has 8 heteroatoms. The molecule has 1 N–H and O–H groups in total. The third kappa shape index (κ3) is 4.56. The lowest BCUT2D eigenvalue weighted by molar-refractivity contribution is 0.0534. The Kier molecular flexibility index (Phi) is 6.84. The summed E-state index contributed by atoms with van der Waals surface area (Å²) in [5.74, 6) is 1.40. The molecule has 0 saturated carbocycles. The van der Waals surface area contributed by atoms with Gasteiger partial charge in [-0.3, -0.25) is 14.7 Å². The summed E-state index contributed by atoms with van der Waals surface area (Å²) >= 11 is 3.31. The second-order valence-corrected chi connectivity index (χ2v) is 11.5. The minimum atomic E-state index is -0.112. The Morgan fingerprint density at radius 1 is 1.35 bits per heavy atom. The minimum Gasteiger partial charge on any atom is -0.378 e. The number of fused-ring (bicyclic) bond motifs is 3. The van der Waals surface area contributed by atoms with Gasteiger partial charge in [0, 0.05) is 43.5 Å². The molecular formula is C26H32N4O2S2. The maximum atomic E-state index is 13.5. The Balaban J connectivity index is 1.33. The van der Waals surface area contributed by atoms with Gasteiger partial charge in [0.2, 0.25) is 0 Å². The van der Waals surface area contributed by atoms with E-state index in [1.165, 1.54) is 16.1 Å². The predicted octanol–water partition coefficient (Wildman–Crippen LogP) is 4.61. The molecule has 3 heterocycles. The molecule has 1 saturated heterocycles. The van der Waals surface area contributed by atoms with Gasteiger partial charge in [-0.15, -0.1) is 17.9 Å². The third-order valence-corrected chi connectivity index (χ3v) is 8.92. The molecule has 3 aromatic rings. The molecule has 34 heavy (non-hydrogen) atoms. The van der Waals surface area contributed by atoms with Crippen molar-refractivity contribution in [1.29, 1.82) is 0 Å². The molecule has 5 rings (SSSR count). The molecule has 3 atom stereocenters. The van der Waals surface area contributed by atoms with Crippen molar-refractivity contribution >= 4 is 39.0 Å². The highest BCUT2D eigenvalue weighted by Crippen LogP contribution is 2.37. The Morgan fingerprint density at radius 2 is 2.15 bits per heavy atom. The van der Waals surface area contributed by atoms with Crippen LogP contribution >= 0.6 is 23.1 Å². The minimum absolute atomic E-state index is 0.0469. The molecule has 0 radical (unpaired) electrons. The van der Waals surface area contributed by atoms with Crippen LogP contribution in [0.2, 0.25) is 0 Å². The number of aromatic nitrogens is 2. The van der Waals surface area contributed by atoms with Crippen molar-refractivity contribution in [2.75, 3.05) is 31.3 Å². The fraction of sp³-hybridized carbons (Fsp3) is 0.462. The molecule has 1 aliphatic heterocycles. The zero-order chi connectivity index (χ0) is 23.8. The Morgan fingerprint density at radius 3 is 2.88 bits per heavy atom. The Labute approximate surface area is 209 Å². The van der Waals surface area contributed by atoms with Crippen LogP contribution in [-0.2, 0) is 24.1 Å². The molecule has 0 unspecified atom stereocenters. The third-order valence-electron chi connectivity index (χ3n) is 6.66. The van der Waals surface area contributed by atoms with Gasteiger partial charge in [0.1, 0.15) is 11.1 Å². The number of anilines is 1. The number of nitrogens with one attached hydrogen (secondary N) is 1. The first kappa shape index (κ1) is 23.6. The van der Waals surface area contributed by atoms with E-state index in [0.717, 1.165) is 52.5 Å². The summed E-state index contributed by atoms with van der Waals surface area (Å²) in [4.78, 5) is 22.8. The first-order chi connectivity index (χ1) is 16.4. The van der Waals surface area contributed by atoms with Gasteiger partial charge in [0.05, 0.1) is 11.5 Å². The smallest absolute Gasteiger partial charge is 0.263 e. The van der Waals surface area contributed by atoms with E-state index in [9.17, 15) is 4.79 Å². The fourth-order valence-corrected chi connectivity index (χ4v) is 7.17. The number of thiophene rings is 1. The Hall–Kier alpha value is -2.13. The number of hydrogen-bond donors (Lipinski definition) is 1. The van der Waals surface area contributed by atoms with E-state index >= 15 is 0 Å². The van der Waals surface area contributed by atoms with E-state index < -0.39 is 0 Å². The summed E-state index contributed by atoms with van der Waals surface area (Å²) in [5, 5.41) is 5.06. The van der Waals surface area contributed by atoms with Crippen LogP contribution in [0.15, 0.2) is 46.9 Å². The van der Waals surface area contributed by atoms with E-state index in [4.69, 9.17) is 9.72 Å². The number of ether oxygens (including phenoxy) is 1. The second-order valence-electron chi connectivity index (χ2n) is 9.47. The van der Waals surface area contributed by atoms with E-state index in [1.807, 2.05) is 14.1 Å². The average Bonchev–Trinajstić information content (AvgIpc) is 3.44. The van der Waals surface area contributed by atoms with Crippen molar-refractivity contribution < 1.29 is 4.74 Å². The Bertz CT molecular complexity index is 1250. The molecule has 1 aliphatic carbocycles. The first-order valence-corrected chi connectivity index (χ1v) is 13.7. The molecule has 1 aromatic carbocycles. The molecule has 2 aliphatic rings. The fourth-order valence-electron chi connectivity index (χ4n) is 4.74. The SMILES string of the molecule is C=CCn1c(SC[C@@H]2CN[C@@H](c3ccc(N(C)C)cc3)O2)nc2sc3c(c2c1=O)CC[C@H](C)C3. The molecule has 0 amide bonds. The number of nitrogens with zero attached hydrogens (tertiary/aromatic N) is 3. The molecule has 180 valence electrons. The topological polar surface area (TPSA) is 59.4 Å². The summed E-state index contributed by atoms with van der Waals surface area (Å²) in [6.07, 6.45) is 4.89. The number of allylic oxidation sites excluding steroid dienone is 1. The number of hydrogen-bond acceptors (Lipinski definition) is 7. The molecular weight excluding hydrogens is 464 g/mol. The van der Waals surface area contributed by atoms with Crippen LogP contribution in [0.3, 0.4) is 0 Å². The summed E-state index contributed by atoms with van der Waals surface area (Å²) in [6.45, 7) is 7.40. The molecule has 0 spiro atoms. The molecule has 0 bridgehead atoms. The van der Waals surface area contributed by atoms with Gasteiger partial charge in [0.15, 0.2) is 5.16 Å². The number of aryl methyl sites for hydroxylation is 1. The van der Waals surface area contributed by atoms with E-state index in [2.05, 4.69) is 48.0 Å². The highest BCUT2D eigenvalue weighted by Gasteiger charge is 2.28. The van der Waals surface area contributed by atoms with Gasteiger partial charge in [-0.1, -0.05) is 36.9 Å². The van der Waals surface area contributed by atoms with Crippen LogP contribution in [0, 0.1) is 5.92 Å². The van der Waals surface area contributed by atoms with Crippen molar-refractivity contribution in [1.82, 2.24) is 14.9 Å². The van der Waals surface area contributed by atoms with Gasteiger partial charge in [0.25, 0.3) is 5.56 Å². The second kappa shape index (κ2) is 9.85. The summed E-state index contributed by atoms with van der Waals surface area (Å²) in [7, 11) is 4.08. The highest BCUT2D eigenvalue weighted by molar-refractivity contribution is 7.99. The van der Waals surface area contributed by atoms with E-state index in [-0.39, 0.29) is 17.9 Å².